The minimum atomic E-state index is 0.563. The average Bonchev–Trinajstić information content (AvgIpc) is 3.21. The highest BCUT2D eigenvalue weighted by Gasteiger charge is 2.22. The molecule has 1 fully saturated rings. The molecule has 2 rings (SSSR count). The molecule has 1 heterocycles. The highest BCUT2D eigenvalue weighted by atomic mass is 79.9. The molecule has 0 unspecified atom stereocenters. The SMILES string of the molecule is CCC(CC)N(C)c1ncc(Br)cc1CNC1CC1. The van der Waals surface area contributed by atoms with Gasteiger partial charge in [0.2, 0.25) is 0 Å². The monoisotopic (exact) mass is 325 g/mol. The summed E-state index contributed by atoms with van der Waals surface area (Å²) in [4.78, 5) is 6.96. The van der Waals surface area contributed by atoms with Crippen LogP contribution >= 0.6 is 15.9 Å². The second-order valence-electron chi connectivity index (χ2n) is 5.37. The van der Waals surface area contributed by atoms with Crippen molar-refractivity contribution >= 4 is 21.7 Å². The molecular weight excluding hydrogens is 302 g/mol. The van der Waals surface area contributed by atoms with Crippen molar-refractivity contribution in [2.24, 2.45) is 0 Å². The molecule has 1 aromatic heterocycles. The molecule has 3 nitrogen and oxygen atoms in total. The van der Waals surface area contributed by atoms with E-state index in [2.05, 4.69) is 58.1 Å². The van der Waals surface area contributed by atoms with Crippen molar-refractivity contribution in [2.75, 3.05) is 11.9 Å². The summed E-state index contributed by atoms with van der Waals surface area (Å²) in [6.07, 6.45) is 6.84. The van der Waals surface area contributed by atoms with Gasteiger partial charge in [-0.15, -0.1) is 0 Å². The zero-order valence-corrected chi connectivity index (χ0v) is 13.7. The van der Waals surface area contributed by atoms with Gasteiger partial charge in [-0.3, -0.25) is 0 Å². The van der Waals surface area contributed by atoms with E-state index in [1.165, 1.54) is 18.4 Å². The first-order valence-electron chi connectivity index (χ1n) is 7.26. The minimum absolute atomic E-state index is 0.563. The maximum absolute atomic E-state index is 4.63. The molecule has 1 aliphatic rings. The Morgan fingerprint density at radius 1 is 1.42 bits per heavy atom. The normalized spacial score (nSPS) is 15.0. The summed E-state index contributed by atoms with van der Waals surface area (Å²) in [7, 11) is 2.16. The number of aromatic nitrogens is 1. The van der Waals surface area contributed by atoms with Crippen molar-refractivity contribution in [1.82, 2.24) is 10.3 Å². The van der Waals surface area contributed by atoms with Crippen LogP contribution in [0.5, 0.6) is 0 Å². The van der Waals surface area contributed by atoms with Gasteiger partial charge in [-0.2, -0.15) is 0 Å². The van der Waals surface area contributed by atoms with Gasteiger partial charge in [0.1, 0.15) is 5.82 Å². The number of hydrogen-bond donors (Lipinski definition) is 1. The largest absolute Gasteiger partial charge is 0.356 e. The van der Waals surface area contributed by atoms with Gasteiger partial charge in [-0.05, 0) is 47.7 Å². The van der Waals surface area contributed by atoms with Crippen molar-refractivity contribution in [2.45, 2.75) is 58.2 Å². The number of nitrogens with one attached hydrogen (secondary N) is 1. The summed E-state index contributed by atoms with van der Waals surface area (Å²) in [5.41, 5.74) is 1.29. The number of anilines is 1. The first-order chi connectivity index (χ1) is 9.15. The summed E-state index contributed by atoms with van der Waals surface area (Å²) >= 11 is 3.53. The quantitative estimate of drug-likeness (QED) is 0.828. The maximum atomic E-state index is 4.63. The fourth-order valence-corrected chi connectivity index (χ4v) is 2.85. The molecular formula is C15H24BrN3. The second kappa shape index (κ2) is 6.71. The van der Waals surface area contributed by atoms with E-state index < -0.39 is 0 Å². The number of nitrogens with zero attached hydrogens (tertiary/aromatic N) is 2. The van der Waals surface area contributed by atoms with E-state index in [-0.39, 0.29) is 0 Å². The molecule has 1 aromatic rings. The molecule has 0 atom stereocenters. The Morgan fingerprint density at radius 3 is 2.68 bits per heavy atom. The smallest absolute Gasteiger partial charge is 0.133 e. The molecule has 0 aliphatic heterocycles. The number of pyridine rings is 1. The van der Waals surface area contributed by atoms with Crippen LogP contribution in [0, 0.1) is 0 Å². The van der Waals surface area contributed by atoms with Crippen molar-refractivity contribution in [1.29, 1.82) is 0 Å². The summed E-state index contributed by atoms with van der Waals surface area (Å²) in [6.45, 7) is 5.40. The Hall–Kier alpha value is -0.610. The molecule has 1 N–H and O–H groups in total. The van der Waals surface area contributed by atoms with E-state index in [0.29, 0.717) is 6.04 Å². The van der Waals surface area contributed by atoms with Crippen LogP contribution in [-0.2, 0) is 6.54 Å². The lowest BCUT2D eigenvalue weighted by molar-refractivity contribution is 0.581. The van der Waals surface area contributed by atoms with Crippen LogP contribution in [0.15, 0.2) is 16.7 Å². The third kappa shape index (κ3) is 3.93. The number of hydrogen-bond acceptors (Lipinski definition) is 3. The standard InChI is InChI=1S/C15H24BrN3/c1-4-14(5-2)19(3)15-11(8-12(16)10-18-15)9-17-13-6-7-13/h8,10,13-14,17H,4-7,9H2,1-3H3. The Balaban J connectivity index is 2.16. The van der Waals surface area contributed by atoms with E-state index in [0.717, 1.165) is 35.7 Å². The Kier molecular flexibility index (Phi) is 5.22. The van der Waals surface area contributed by atoms with E-state index in [4.69, 9.17) is 0 Å². The van der Waals surface area contributed by atoms with Crippen LogP contribution in [0.25, 0.3) is 0 Å². The molecule has 0 aromatic carbocycles. The average molecular weight is 326 g/mol. The lowest BCUT2D eigenvalue weighted by Gasteiger charge is -2.29. The van der Waals surface area contributed by atoms with E-state index >= 15 is 0 Å². The predicted octanol–water partition coefficient (Wildman–Crippen LogP) is 3.72. The third-order valence-corrected chi connectivity index (χ3v) is 4.33. The molecule has 0 saturated heterocycles. The molecule has 106 valence electrons. The lowest BCUT2D eigenvalue weighted by atomic mass is 10.1. The molecule has 0 spiro atoms. The minimum Gasteiger partial charge on any atom is -0.356 e. The van der Waals surface area contributed by atoms with Crippen molar-refractivity contribution in [3.63, 3.8) is 0 Å². The summed E-state index contributed by atoms with van der Waals surface area (Å²) in [5.74, 6) is 1.12. The Bertz CT molecular complexity index is 414. The topological polar surface area (TPSA) is 28.2 Å². The molecule has 1 aliphatic carbocycles. The molecule has 19 heavy (non-hydrogen) atoms. The number of halogens is 1. The highest BCUT2D eigenvalue weighted by molar-refractivity contribution is 9.10. The maximum Gasteiger partial charge on any atom is 0.133 e. The van der Waals surface area contributed by atoms with Gasteiger partial charge in [-0.1, -0.05) is 13.8 Å². The first kappa shape index (κ1) is 14.8. The van der Waals surface area contributed by atoms with E-state index in [9.17, 15) is 0 Å². The van der Waals surface area contributed by atoms with Crippen molar-refractivity contribution in [3.8, 4) is 0 Å². The van der Waals surface area contributed by atoms with Crippen molar-refractivity contribution in [3.05, 3.63) is 22.3 Å². The van der Waals surface area contributed by atoms with Crippen LogP contribution in [0.1, 0.15) is 45.1 Å². The second-order valence-corrected chi connectivity index (χ2v) is 6.29. The van der Waals surface area contributed by atoms with Gasteiger partial charge in [0.15, 0.2) is 0 Å². The van der Waals surface area contributed by atoms with Crippen LogP contribution in [0.4, 0.5) is 5.82 Å². The zero-order chi connectivity index (χ0) is 13.8. The van der Waals surface area contributed by atoms with Crippen molar-refractivity contribution < 1.29 is 0 Å². The number of rotatable bonds is 7. The molecule has 0 amide bonds. The lowest BCUT2D eigenvalue weighted by Crippen LogP contribution is -2.32. The zero-order valence-electron chi connectivity index (χ0n) is 12.1. The van der Waals surface area contributed by atoms with Gasteiger partial charge in [0.25, 0.3) is 0 Å². The molecule has 0 bridgehead atoms. The Morgan fingerprint density at radius 2 is 2.11 bits per heavy atom. The van der Waals surface area contributed by atoms with Gasteiger partial charge >= 0.3 is 0 Å². The molecule has 4 heteroatoms. The molecule has 1 saturated carbocycles. The molecule has 0 radical (unpaired) electrons. The fourth-order valence-electron chi connectivity index (χ4n) is 2.47. The summed E-state index contributed by atoms with van der Waals surface area (Å²) in [6, 6.07) is 3.48. The van der Waals surface area contributed by atoms with Gasteiger partial charge in [0.05, 0.1) is 0 Å². The van der Waals surface area contributed by atoms with Gasteiger partial charge < -0.3 is 10.2 Å². The predicted molar refractivity (Wildman–Crippen MR) is 84.6 cm³/mol. The van der Waals surface area contributed by atoms with Gasteiger partial charge in [0, 0.05) is 41.9 Å². The Labute approximate surface area is 124 Å². The van der Waals surface area contributed by atoms with Crippen LogP contribution in [0.2, 0.25) is 0 Å². The van der Waals surface area contributed by atoms with Crippen LogP contribution in [0.3, 0.4) is 0 Å². The van der Waals surface area contributed by atoms with Crippen LogP contribution in [-0.4, -0.2) is 24.1 Å². The van der Waals surface area contributed by atoms with E-state index in [1.54, 1.807) is 0 Å². The van der Waals surface area contributed by atoms with Gasteiger partial charge in [-0.25, -0.2) is 4.98 Å². The fraction of sp³-hybridized carbons (Fsp3) is 0.667. The third-order valence-electron chi connectivity index (χ3n) is 3.89. The van der Waals surface area contributed by atoms with Crippen LogP contribution < -0.4 is 10.2 Å². The summed E-state index contributed by atoms with van der Waals surface area (Å²) < 4.78 is 1.06. The highest BCUT2D eigenvalue weighted by Crippen LogP contribution is 2.26. The summed E-state index contributed by atoms with van der Waals surface area (Å²) in [5, 5.41) is 3.58. The van der Waals surface area contributed by atoms with E-state index in [1.807, 2.05) is 6.20 Å². The first-order valence-corrected chi connectivity index (χ1v) is 8.05.